The maximum absolute atomic E-state index is 10.6. The molecule has 1 aromatic heterocycles. The Bertz CT molecular complexity index is 462. The first kappa shape index (κ1) is 10.6. The van der Waals surface area contributed by atoms with Gasteiger partial charge in [0, 0.05) is 0 Å². The number of hydrogen-bond acceptors (Lipinski definition) is 6. The Hall–Kier alpha value is -2.52. The summed E-state index contributed by atoms with van der Waals surface area (Å²) in [5.74, 6) is -2.73. The fourth-order valence-electron chi connectivity index (χ4n) is 1.03. The molecular formula is C5H4N4O6. The van der Waals surface area contributed by atoms with Crippen LogP contribution in [0.5, 0.6) is 0 Å². The third kappa shape index (κ3) is 1.59. The van der Waals surface area contributed by atoms with Gasteiger partial charge in [0.15, 0.2) is 0 Å². The van der Waals surface area contributed by atoms with E-state index in [1.165, 1.54) is 0 Å². The van der Waals surface area contributed by atoms with E-state index in [2.05, 4.69) is 5.10 Å². The van der Waals surface area contributed by atoms with E-state index >= 15 is 0 Å². The molecule has 10 heteroatoms. The third-order valence-electron chi connectivity index (χ3n) is 1.56. The molecule has 10 nitrogen and oxygen atoms in total. The smallest absolute Gasteiger partial charge is 0.468 e. The number of hydrogen-bond donors (Lipinski definition) is 1. The van der Waals surface area contributed by atoms with Gasteiger partial charge in [-0.15, -0.1) is 0 Å². The number of carbonyl (C=O) groups is 1. The normalized spacial score (nSPS) is 9.93. The van der Waals surface area contributed by atoms with Crippen LogP contribution in [0.2, 0.25) is 0 Å². The second-order valence-electron chi connectivity index (χ2n) is 2.46. The molecule has 0 bridgehead atoms. The highest BCUT2D eigenvalue weighted by Gasteiger charge is 2.39. The molecule has 80 valence electrons. The zero-order valence-corrected chi connectivity index (χ0v) is 7.28. The molecule has 0 unspecified atom stereocenters. The van der Waals surface area contributed by atoms with Crippen LogP contribution < -0.4 is 0 Å². The van der Waals surface area contributed by atoms with Crippen molar-refractivity contribution < 1.29 is 19.7 Å². The predicted octanol–water partition coefficient (Wildman–Crippen LogP) is -0.0653. The number of carboxylic acids is 1. The maximum atomic E-state index is 10.6. The molecular weight excluding hydrogens is 212 g/mol. The van der Waals surface area contributed by atoms with Crippen molar-refractivity contribution in [1.29, 1.82) is 0 Å². The second kappa shape index (κ2) is 3.32. The van der Waals surface area contributed by atoms with Crippen LogP contribution in [0.4, 0.5) is 11.5 Å². The monoisotopic (exact) mass is 216 g/mol. The van der Waals surface area contributed by atoms with Crippen LogP contribution in [0.25, 0.3) is 0 Å². The minimum atomic E-state index is -1.65. The Morgan fingerprint density at radius 3 is 2.27 bits per heavy atom. The summed E-state index contributed by atoms with van der Waals surface area (Å²) in [6.45, 7) is 0. The van der Waals surface area contributed by atoms with Gasteiger partial charge in [0.05, 0.1) is 17.1 Å². The van der Waals surface area contributed by atoms with Gasteiger partial charge < -0.3 is 15.2 Å². The lowest BCUT2D eigenvalue weighted by Crippen LogP contribution is -2.07. The number of aromatic carboxylic acids is 1. The Morgan fingerprint density at radius 1 is 1.40 bits per heavy atom. The average Bonchev–Trinajstić information content (AvgIpc) is 2.42. The van der Waals surface area contributed by atoms with Gasteiger partial charge in [-0.2, -0.15) is 4.68 Å². The Balaban J connectivity index is 3.59. The zero-order valence-electron chi connectivity index (χ0n) is 7.28. The molecule has 1 rings (SSSR count). The second-order valence-corrected chi connectivity index (χ2v) is 2.46. The van der Waals surface area contributed by atoms with Gasteiger partial charge in [0.1, 0.15) is 0 Å². The van der Waals surface area contributed by atoms with Crippen molar-refractivity contribution in [3.05, 3.63) is 25.9 Å². The Labute approximate surface area is 81.0 Å². The molecule has 0 aliphatic carbocycles. The molecule has 0 saturated heterocycles. The lowest BCUT2D eigenvalue weighted by Gasteiger charge is -1.90. The summed E-state index contributed by atoms with van der Waals surface area (Å²) in [5, 5.41) is 32.5. The first-order valence-corrected chi connectivity index (χ1v) is 3.45. The van der Waals surface area contributed by atoms with Crippen LogP contribution in [0.15, 0.2) is 0 Å². The first-order chi connectivity index (χ1) is 6.86. The van der Waals surface area contributed by atoms with Crippen LogP contribution in [-0.2, 0) is 7.05 Å². The van der Waals surface area contributed by atoms with E-state index in [9.17, 15) is 25.0 Å². The number of nitro groups is 2. The van der Waals surface area contributed by atoms with E-state index in [-0.39, 0.29) is 0 Å². The van der Waals surface area contributed by atoms with Crippen molar-refractivity contribution in [3.63, 3.8) is 0 Å². The molecule has 0 saturated carbocycles. The van der Waals surface area contributed by atoms with Gasteiger partial charge in [0.2, 0.25) is 0 Å². The van der Waals surface area contributed by atoms with Gasteiger partial charge in [0.25, 0.3) is 5.69 Å². The molecule has 0 radical (unpaired) electrons. The van der Waals surface area contributed by atoms with Crippen molar-refractivity contribution in [2.24, 2.45) is 7.05 Å². The maximum Gasteiger partial charge on any atom is 0.468 e. The largest absolute Gasteiger partial charge is 0.476 e. The van der Waals surface area contributed by atoms with Crippen LogP contribution in [-0.4, -0.2) is 30.7 Å². The summed E-state index contributed by atoms with van der Waals surface area (Å²) >= 11 is 0. The summed E-state index contributed by atoms with van der Waals surface area (Å²) in [5.41, 5.74) is -1.94. The fourth-order valence-corrected chi connectivity index (χ4v) is 1.03. The van der Waals surface area contributed by atoms with Crippen molar-refractivity contribution in [2.45, 2.75) is 0 Å². The summed E-state index contributed by atoms with van der Waals surface area (Å²) in [4.78, 5) is 29.1. The van der Waals surface area contributed by atoms with Gasteiger partial charge in [-0.05, 0) is 4.92 Å². The standard InChI is InChI=1S/C5H4N4O6/c1-7-3(5(10)11)2(8(12)13)4(6-7)9(14)15/h1H3,(H,10,11). The van der Waals surface area contributed by atoms with E-state index in [0.717, 1.165) is 7.05 Å². The SMILES string of the molecule is Cn1nc([N+](=O)[O-])c([N+](=O)[O-])c1C(=O)O. The highest BCUT2D eigenvalue weighted by atomic mass is 16.6. The minimum Gasteiger partial charge on any atom is -0.476 e. The molecule has 0 atom stereocenters. The minimum absolute atomic E-state index is 0.582. The predicted molar refractivity (Wildman–Crippen MR) is 43.5 cm³/mol. The number of nitrogens with zero attached hydrogens (tertiary/aromatic N) is 4. The molecule has 1 N–H and O–H groups in total. The molecule has 0 fully saturated rings. The highest BCUT2D eigenvalue weighted by Crippen LogP contribution is 2.28. The number of aromatic nitrogens is 2. The van der Waals surface area contributed by atoms with E-state index < -0.39 is 33.0 Å². The van der Waals surface area contributed by atoms with Crippen LogP contribution >= 0.6 is 0 Å². The zero-order chi connectivity index (χ0) is 11.7. The molecule has 0 spiro atoms. The van der Waals surface area contributed by atoms with Gasteiger partial charge >= 0.3 is 17.5 Å². The molecule has 1 aromatic rings. The summed E-state index contributed by atoms with van der Waals surface area (Å²) in [7, 11) is 1.07. The number of carboxylic acid groups (broad SMARTS) is 1. The Morgan fingerprint density at radius 2 is 1.93 bits per heavy atom. The lowest BCUT2D eigenvalue weighted by molar-refractivity contribution is -0.424. The van der Waals surface area contributed by atoms with Gasteiger partial charge in [-0.3, -0.25) is 10.1 Å². The first-order valence-electron chi connectivity index (χ1n) is 3.45. The Kier molecular flexibility index (Phi) is 2.34. The summed E-state index contributed by atoms with van der Waals surface area (Å²) in [6.07, 6.45) is 0. The van der Waals surface area contributed by atoms with Crippen molar-refractivity contribution in [3.8, 4) is 0 Å². The number of aryl methyl sites for hydroxylation is 1. The van der Waals surface area contributed by atoms with Gasteiger partial charge in [-0.25, -0.2) is 4.79 Å². The van der Waals surface area contributed by atoms with E-state index in [4.69, 9.17) is 5.11 Å². The van der Waals surface area contributed by atoms with Crippen LogP contribution in [0, 0.1) is 20.2 Å². The molecule has 15 heavy (non-hydrogen) atoms. The topological polar surface area (TPSA) is 141 Å². The lowest BCUT2D eigenvalue weighted by atomic mass is 10.3. The van der Waals surface area contributed by atoms with Crippen LogP contribution in [0.1, 0.15) is 10.5 Å². The molecule has 0 aromatic carbocycles. The summed E-state index contributed by atoms with van der Waals surface area (Å²) < 4.78 is 0.582. The molecule has 0 aliphatic heterocycles. The van der Waals surface area contributed by atoms with Crippen molar-refractivity contribution in [1.82, 2.24) is 9.78 Å². The molecule has 0 amide bonds. The molecule has 1 heterocycles. The third-order valence-corrected chi connectivity index (χ3v) is 1.56. The van der Waals surface area contributed by atoms with Gasteiger partial charge in [-0.1, -0.05) is 0 Å². The van der Waals surface area contributed by atoms with E-state index in [0.29, 0.717) is 4.68 Å². The molecule has 0 aliphatic rings. The quantitative estimate of drug-likeness (QED) is 0.550. The van der Waals surface area contributed by atoms with E-state index in [1.807, 2.05) is 0 Å². The fraction of sp³-hybridized carbons (Fsp3) is 0.200. The van der Waals surface area contributed by atoms with Crippen molar-refractivity contribution >= 4 is 17.5 Å². The summed E-state index contributed by atoms with van der Waals surface area (Å²) in [6, 6.07) is 0. The highest BCUT2D eigenvalue weighted by molar-refractivity contribution is 5.92. The average molecular weight is 216 g/mol. The van der Waals surface area contributed by atoms with E-state index in [1.54, 1.807) is 0 Å². The van der Waals surface area contributed by atoms with Crippen molar-refractivity contribution in [2.75, 3.05) is 0 Å². The van der Waals surface area contributed by atoms with Crippen LogP contribution in [0.3, 0.4) is 0 Å². The number of rotatable bonds is 3.